The average molecular weight is 320 g/mol. The Bertz CT molecular complexity index is 469. The van der Waals surface area contributed by atoms with Crippen molar-refractivity contribution < 1.29 is 23.1 Å². The number of carboxylic acid groups (broad SMARTS) is 1. The first-order valence-corrected chi connectivity index (χ1v) is 9.08. The minimum absolute atomic E-state index is 0.286. The summed E-state index contributed by atoms with van der Waals surface area (Å²) in [6.07, 6.45) is 4.03. The third-order valence-corrected chi connectivity index (χ3v) is 5.06. The van der Waals surface area contributed by atoms with Crippen molar-refractivity contribution in [3.05, 3.63) is 0 Å². The fraction of sp³-hybridized carbons (Fsp3) is 0.846. The zero-order chi connectivity index (χ0) is 16.0. The van der Waals surface area contributed by atoms with Crippen LogP contribution >= 0.6 is 0 Å². The molecule has 1 rings (SSSR count). The first-order valence-electron chi connectivity index (χ1n) is 7.24. The number of aliphatic carboxylic acids is 1. The second kappa shape index (κ2) is 7.74. The van der Waals surface area contributed by atoms with E-state index in [1.807, 2.05) is 6.92 Å². The molecular weight excluding hydrogens is 296 g/mol. The number of hydrogen-bond donors (Lipinski definition) is 2. The van der Waals surface area contributed by atoms with E-state index >= 15 is 0 Å². The van der Waals surface area contributed by atoms with Crippen LogP contribution in [0.5, 0.6) is 0 Å². The minimum Gasteiger partial charge on any atom is -0.480 e. The monoisotopic (exact) mass is 320 g/mol. The molecule has 122 valence electrons. The molecule has 0 spiro atoms. The fourth-order valence-corrected chi connectivity index (χ4v) is 3.28. The maximum atomic E-state index is 12.1. The summed E-state index contributed by atoms with van der Waals surface area (Å²) in [5.74, 6) is -1.62. The molecule has 7 nitrogen and oxygen atoms in total. The van der Waals surface area contributed by atoms with Gasteiger partial charge in [-0.2, -0.15) is 0 Å². The number of nitrogens with zero attached hydrogens (tertiary/aromatic N) is 1. The maximum absolute atomic E-state index is 12.1. The van der Waals surface area contributed by atoms with Crippen LogP contribution in [0.2, 0.25) is 0 Å². The Hall–Kier alpha value is -1.15. The van der Waals surface area contributed by atoms with Crippen LogP contribution in [0.1, 0.15) is 39.0 Å². The fourth-order valence-electron chi connectivity index (χ4n) is 2.40. The van der Waals surface area contributed by atoms with Crippen molar-refractivity contribution in [2.45, 2.75) is 45.1 Å². The summed E-state index contributed by atoms with van der Waals surface area (Å²) in [6.45, 7) is 2.58. The molecule has 1 saturated heterocycles. The maximum Gasteiger partial charge on any atom is 0.326 e. The molecule has 8 heteroatoms. The normalized spacial score (nSPS) is 19.1. The van der Waals surface area contributed by atoms with Gasteiger partial charge in [-0.15, -0.1) is 0 Å². The van der Waals surface area contributed by atoms with E-state index in [2.05, 4.69) is 5.32 Å². The molecule has 1 aliphatic heterocycles. The zero-order valence-electron chi connectivity index (χ0n) is 12.5. The van der Waals surface area contributed by atoms with E-state index in [-0.39, 0.29) is 11.8 Å². The van der Waals surface area contributed by atoms with Gasteiger partial charge in [0.2, 0.25) is 15.9 Å². The molecule has 0 aromatic heterocycles. The van der Waals surface area contributed by atoms with Crippen molar-refractivity contribution in [3.63, 3.8) is 0 Å². The summed E-state index contributed by atoms with van der Waals surface area (Å²) in [5.41, 5.74) is 0. The van der Waals surface area contributed by atoms with Crippen molar-refractivity contribution in [2.24, 2.45) is 5.92 Å². The lowest BCUT2D eigenvalue weighted by molar-refractivity contribution is -0.142. The van der Waals surface area contributed by atoms with E-state index in [0.29, 0.717) is 32.4 Å². The van der Waals surface area contributed by atoms with Crippen molar-refractivity contribution in [2.75, 3.05) is 19.3 Å². The predicted octanol–water partition coefficient (Wildman–Crippen LogP) is 0.418. The second-order valence-electron chi connectivity index (χ2n) is 5.48. The van der Waals surface area contributed by atoms with Crippen molar-refractivity contribution in [1.82, 2.24) is 9.62 Å². The van der Waals surface area contributed by atoms with Crippen molar-refractivity contribution in [3.8, 4) is 0 Å². The van der Waals surface area contributed by atoms with Gasteiger partial charge in [0.25, 0.3) is 0 Å². The summed E-state index contributed by atoms with van der Waals surface area (Å²) >= 11 is 0. The van der Waals surface area contributed by atoms with E-state index < -0.39 is 22.0 Å². The largest absolute Gasteiger partial charge is 0.480 e. The Kier molecular flexibility index (Phi) is 6.60. The number of unbranched alkanes of at least 4 members (excludes halogenated alkanes) is 1. The van der Waals surface area contributed by atoms with Crippen molar-refractivity contribution >= 4 is 21.9 Å². The van der Waals surface area contributed by atoms with Gasteiger partial charge >= 0.3 is 5.97 Å². The number of nitrogens with one attached hydrogen (secondary N) is 1. The van der Waals surface area contributed by atoms with Gasteiger partial charge in [0, 0.05) is 19.0 Å². The van der Waals surface area contributed by atoms with Gasteiger partial charge in [0.15, 0.2) is 0 Å². The minimum atomic E-state index is -3.22. The quantitative estimate of drug-likeness (QED) is 0.707. The number of carboxylic acids is 1. The molecule has 1 aliphatic rings. The topological polar surface area (TPSA) is 104 Å². The smallest absolute Gasteiger partial charge is 0.326 e. The number of hydrogen-bond acceptors (Lipinski definition) is 4. The highest BCUT2D eigenvalue weighted by Gasteiger charge is 2.30. The van der Waals surface area contributed by atoms with Crippen LogP contribution in [0.4, 0.5) is 0 Å². The number of carbonyl (C=O) groups excluding carboxylic acids is 1. The first-order chi connectivity index (χ1) is 9.75. The predicted molar refractivity (Wildman–Crippen MR) is 78.2 cm³/mol. The van der Waals surface area contributed by atoms with Crippen molar-refractivity contribution in [1.29, 1.82) is 0 Å². The van der Waals surface area contributed by atoms with Crippen LogP contribution in [-0.2, 0) is 19.6 Å². The molecule has 1 amide bonds. The Labute approximate surface area is 125 Å². The molecule has 2 N–H and O–H groups in total. The van der Waals surface area contributed by atoms with Crippen LogP contribution in [0.25, 0.3) is 0 Å². The Balaban J connectivity index is 2.51. The number of sulfonamides is 1. The molecule has 21 heavy (non-hydrogen) atoms. The van der Waals surface area contributed by atoms with Crippen LogP contribution in [0.3, 0.4) is 0 Å². The summed E-state index contributed by atoms with van der Waals surface area (Å²) in [6, 6.07) is -0.856. The van der Waals surface area contributed by atoms with Gasteiger partial charge in [0.05, 0.1) is 6.26 Å². The highest BCUT2D eigenvalue weighted by atomic mass is 32.2. The number of carbonyl (C=O) groups is 2. The lowest BCUT2D eigenvalue weighted by Crippen LogP contribution is -2.47. The highest BCUT2D eigenvalue weighted by Crippen LogP contribution is 2.19. The zero-order valence-corrected chi connectivity index (χ0v) is 13.4. The molecule has 0 aromatic carbocycles. The molecular formula is C13H24N2O5S. The second-order valence-corrected chi connectivity index (χ2v) is 7.46. The van der Waals surface area contributed by atoms with E-state index in [1.165, 1.54) is 4.31 Å². The molecule has 0 aliphatic carbocycles. The van der Waals surface area contributed by atoms with Gasteiger partial charge in [-0.25, -0.2) is 17.5 Å². The number of piperidine rings is 1. The number of amides is 1. The summed E-state index contributed by atoms with van der Waals surface area (Å²) in [7, 11) is -3.22. The first kappa shape index (κ1) is 17.9. The van der Waals surface area contributed by atoms with Crippen LogP contribution < -0.4 is 5.32 Å². The standard InChI is InChI=1S/C13H24N2O5S/c1-3-4-5-11(13(17)18)14-12(16)10-6-8-15(9-7-10)21(2,19)20/h10-11H,3-9H2,1-2H3,(H,14,16)(H,17,18)/t11-/m0/s1. The van der Waals surface area contributed by atoms with Gasteiger partial charge in [-0.3, -0.25) is 4.79 Å². The Morgan fingerprint density at radius 3 is 2.33 bits per heavy atom. The van der Waals surface area contributed by atoms with E-state index in [9.17, 15) is 18.0 Å². The summed E-state index contributed by atoms with van der Waals surface area (Å²) in [4.78, 5) is 23.2. The molecule has 1 fully saturated rings. The Morgan fingerprint density at radius 1 is 1.33 bits per heavy atom. The third-order valence-electron chi connectivity index (χ3n) is 3.75. The summed E-state index contributed by atoms with van der Waals surface area (Å²) in [5, 5.41) is 11.7. The van der Waals surface area contributed by atoms with E-state index in [0.717, 1.165) is 19.1 Å². The third kappa shape index (κ3) is 5.62. The van der Waals surface area contributed by atoms with Gasteiger partial charge in [-0.05, 0) is 19.3 Å². The molecule has 0 saturated carbocycles. The van der Waals surface area contributed by atoms with Crippen LogP contribution in [0, 0.1) is 5.92 Å². The van der Waals surface area contributed by atoms with Gasteiger partial charge in [-0.1, -0.05) is 19.8 Å². The molecule has 0 bridgehead atoms. The van der Waals surface area contributed by atoms with E-state index in [4.69, 9.17) is 5.11 Å². The highest BCUT2D eigenvalue weighted by molar-refractivity contribution is 7.88. The average Bonchev–Trinajstić information content (AvgIpc) is 2.42. The lowest BCUT2D eigenvalue weighted by atomic mass is 9.96. The number of rotatable bonds is 7. The molecule has 0 unspecified atom stereocenters. The van der Waals surface area contributed by atoms with Crippen LogP contribution in [-0.4, -0.2) is 55.1 Å². The van der Waals surface area contributed by atoms with Crippen LogP contribution in [0.15, 0.2) is 0 Å². The SMILES string of the molecule is CCCC[C@H](NC(=O)C1CCN(S(C)(=O)=O)CC1)C(=O)O. The van der Waals surface area contributed by atoms with E-state index in [1.54, 1.807) is 0 Å². The van der Waals surface area contributed by atoms with Gasteiger partial charge < -0.3 is 10.4 Å². The van der Waals surface area contributed by atoms with Gasteiger partial charge in [0.1, 0.15) is 6.04 Å². The lowest BCUT2D eigenvalue weighted by Gasteiger charge is -2.30. The molecule has 0 aromatic rings. The molecule has 1 atom stereocenters. The molecule has 0 radical (unpaired) electrons. The Morgan fingerprint density at radius 2 is 1.90 bits per heavy atom. The summed E-state index contributed by atoms with van der Waals surface area (Å²) < 4.78 is 24.1. The molecule has 1 heterocycles.